The number of imidazole rings is 1. The third kappa shape index (κ3) is 4.46. The maximum Gasteiger partial charge on any atom is 0.191 e. The van der Waals surface area contributed by atoms with E-state index in [2.05, 4.69) is 50.8 Å². The van der Waals surface area contributed by atoms with Gasteiger partial charge < -0.3 is 15.2 Å². The van der Waals surface area contributed by atoms with Gasteiger partial charge in [-0.2, -0.15) is 0 Å². The van der Waals surface area contributed by atoms with Crippen LogP contribution in [-0.2, 0) is 6.54 Å². The van der Waals surface area contributed by atoms with Crippen LogP contribution < -0.4 is 10.6 Å². The zero-order chi connectivity index (χ0) is 15.2. The number of hydrogen-bond acceptors (Lipinski definition) is 3. The fourth-order valence-corrected chi connectivity index (χ4v) is 2.71. The van der Waals surface area contributed by atoms with Crippen LogP contribution in [0.5, 0.6) is 0 Å². The lowest BCUT2D eigenvalue weighted by Gasteiger charge is -2.22. The first kappa shape index (κ1) is 15.8. The van der Waals surface area contributed by atoms with Crippen LogP contribution in [0.15, 0.2) is 23.7 Å². The quantitative estimate of drug-likeness (QED) is 0.622. The Morgan fingerprint density at radius 1 is 1.43 bits per heavy atom. The highest BCUT2D eigenvalue weighted by Crippen LogP contribution is 2.18. The van der Waals surface area contributed by atoms with Crippen molar-refractivity contribution in [3.63, 3.8) is 0 Å². The molecule has 1 aromatic rings. The molecular formula is C15H28N6. The highest BCUT2D eigenvalue weighted by molar-refractivity contribution is 5.80. The largest absolute Gasteiger partial charge is 0.355 e. The smallest absolute Gasteiger partial charge is 0.191 e. The molecule has 2 N–H and O–H groups in total. The molecule has 118 valence electrons. The van der Waals surface area contributed by atoms with Crippen molar-refractivity contribution in [2.45, 2.75) is 39.4 Å². The number of guanidine groups is 1. The first-order valence-electron chi connectivity index (χ1n) is 7.77. The average molecular weight is 292 g/mol. The van der Waals surface area contributed by atoms with E-state index in [1.165, 1.54) is 0 Å². The summed E-state index contributed by atoms with van der Waals surface area (Å²) >= 11 is 0. The molecule has 0 radical (unpaired) electrons. The van der Waals surface area contributed by atoms with Crippen LogP contribution in [0.25, 0.3) is 0 Å². The van der Waals surface area contributed by atoms with Crippen LogP contribution in [0.4, 0.5) is 0 Å². The summed E-state index contributed by atoms with van der Waals surface area (Å²) in [6.45, 7) is 10.8. The van der Waals surface area contributed by atoms with Gasteiger partial charge in [0.1, 0.15) is 0 Å². The van der Waals surface area contributed by atoms with Crippen LogP contribution in [0.1, 0.15) is 20.8 Å². The fraction of sp³-hybridized carbons (Fsp3) is 0.733. The van der Waals surface area contributed by atoms with Gasteiger partial charge in [0, 0.05) is 57.7 Å². The number of rotatable bonds is 5. The van der Waals surface area contributed by atoms with Crippen molar-refractivity contribution in [2.24, 2.45) is 10.9 Å². The summed E-state index contributed by atoms with van der Waals surface area (Å²) in [6, 6.07) is 1.07. The average Bonchev–Trinajstić information content (AvgIpc) is 3.08. The lowest BCUT2D eigenvalue weighted by Crippen LogP contribution is -2.47. The Morgan fingerprint density at radius 2 is 2.24 bits per heavy atom. The second-order valence-electron chi connectivity index (χ2n) is 6.08. The number of nitrogens with zero attached hydrogens (tertiary/aromatic N) is 4. The normalized spacial score (nSPS) is 23.8. The summed E-state index contributed by atoms with van der Waals surface area (Å²) in [5, 5.41) is 6.92. The van der Waals surface area contributed by atoms with Crippen LogP contribution >= 0.6 is 0 Å². The molecule has 2 unspecified atom stereocenters. The molecule has 21 heavy (non-hydrogen) atoms. The standard InChI is InChI=1S/C15H28N6/c1-12(2)21-9-13(3)14(10-21)19-15(16-4)18-6-8-20-7-5-17-11-20/h5,7,11-14H,6,8-10H2,1-4H3,(H2,16,18,19). The van der Waals surface area contributed by atoms with Gasteiger partial charge in [-0.05, 0) is 19.8 Å². The minimum atomic E-state index is 0.465. The van der Waals surface area contributed by atoms with E-state index in [0.29, 0.717) is 18.0 Å². The lowest BCUT2D eigenvalue weighted by molar-refractivity contribution is 0.265. The molecule has 0 bridgehead atoms. The van der Waals surface area contributed by atoms with Gasteiger partial charge in [-0.1, -0.05) is 6.92 Å². The van der Waals surface area contributed by atoms with Crippen LogP contribution in [-0.4, -0.2) is 59.2 Å². The van der Waals surface area contributed by atoms with Gasteiger partial charge >= 0.3 is 0 Å². The van der Waals surface area contributed by atoms with E-state index in [1.54, 1.807) is 6.20 Å². The SMILES string of the molecule is CN=C(NCCn1ccnc1)NC1CN(C(C)C)CC1C. The van der Waals surface area contributed by atoms with E-state index < -0.39 is 0 Å². The Morgan fingerprint density at radius 3 is 2.81 bits per heavy atom. The molecule has 0 aromatic carbocycles. The molecule has 1 fully saturated rings. The molecule has 1 saturated heterocycles. The highest BCUT2D eigenvalue weighted by atomic mass is 15.3. The molecule has 0 spiro atoms. The van der Waals surface area contributed by atoms with Gasteiger partial charge in [-0.15, -0.1) is 0 Å². The van der Waals surface area contributed by atoms with Crippen molar-refractivity contribution in [3.8, 4) is 0 Å². The van der Waals surface area contributed by atoms with Crippen LogP contribution in [0.3, 0.4) is 0 Å². The van der Waals surface area contributed by atoms with Gasteiger partial charge in [-0.25, -0.2) is 4.98 Å². The predicted molar refractivity (Wildman–Crippen MR) is 86.4 cm³/mol. The van der Waals surface area contributed by atoms with Crippen molar-refractivity contribution < 1.29 is 0 Å². The van der Waals surface area contributed by atoms with E-state index in [-0.39, 0.29) is 0 Å². The summed E-state index contributed by atoms with van der Waals surface area (Å²) in [6.07, 6.45) is 5.60. The topological polar surface area (TPSA) is 57.5 Å². The molecular weight excluding hydrogens is 264 g/mol. The zero-order valence-electron chi connectivity index (χ0n) is 13.6. The first-order chi connectivity index (χ1) is 10.1. The van der Waals surface area contributed by atoms with E-state index in [1.807, 2.05) is 19.6 Å². The Hall–Kier alpha value is -1.56. The Kier molecular flexibility index (Phi) is 5.61. The van der Waals surface area contributed by atoms with Gasteiger partial charge in [0.15, 0.2) is 5.96 Å². The molecule has 1 aromatic heterocycles. The molecule has 2 atom stereocenters. The molecule has 1 aliphatic heterocycles. The summed E-state index contributed by atoms with van der Waals surface area (Å²) in [7, 11) is 1.83. The minimum absolute atomic E-state index is 0.465. The molecule has 0 amide bonds. The second kappa shape index (κ2) is 7.45. The highest BCUT2D eigenvalue weighted by Gasteiger charge is 2.31. The fourth-order valence-electron chi connectivity index (χ4n) is 2.71. The first-order valence-corrected chi connectivity index (χ1v) is 7.77. The van der Waals surface area contributed by atoms with Gasteiger partial charge in [0.2, 0.25) is 0 Å². The van der Waals surface area contributed by atoms with Crippen molar-refractivity contribution >= 4 is 5.96 Å². The van der Waals surface area contributed by atoms with Gasteiger partial charge in [0.05, 0.1) is 6.33 Å². The minimum Gasteiger partial charge on any atom is -0.355 e. The monoisotopic (exact) mass is 292 g/mol. The maximum absolute atomic E-state index is 4.33. The van der Waals surface area contributed by atoms with Crippen molar-refractivity contribution in [3.05, 3.63) is 18.7 Å². The Labute approximate surface area is 127 Å². The number of hydrogen-bond donors (Lipinski definition) is 2. The molecule has 2 rings (SSSR count). The van der Waals surface area contributed by atoms with Gasteiger partial charge in [-0.3, -0.25) is 9.89 Å². The number of aliphatic imine (C=N–C) groups is 1. The Bertz CT molecular complexity index is 439. The summed E-state index contributed by atoms with van der Waals surface area (Å²) < 4.78 is 2.05. The van der Waals surface area contributed by atoms with Crippen LogP contribution in [0.2, 0.25) is 0 Å². The molecule has 2 heterocycles. The van der Waals surface area contributed by atoms with E-state index in [0.717, 1.165) is 32.1 Å². The van der Waals surface area contributed by atoms with Crippen molar-refractivity contribution in [2.75, 3.05) is 26.7 Å². The predicted octanol–water partition coefficient (Wildman–Crippen LogP) is 0.777. The summed E-state index contributed by atoms with van der Waals surface area (Å²) in [4.78, 5) is 10.9. The third-order valence-corrected chi connectivity index (χ3v) is 4.14. The zero-order valence-corrected chi connectivity index (χ0v) is 13.6. The number of nitrogens with one attached hydrogen (secondary N) is 2. The maximum atomic E-state index is 4.33. The summed E-state index contributed by atoms with van der Waals surface area (Å²) in [5.41, 5.74) is 0. The van der Waals surface area contributed by atoms with Gasteiger partial charge in [0.25, 0.3) is 0 Å². The third-order valence-electron chi connectivity index (χ3n) is 4.14. The van der Waals surface area contributed by atoms with Crippen molar-refractivity contribution in [1.29, 1.82) is 0 Å². The number of likely N-dealkylation sites (tertiary alicyclic amines) is 1. The molecule has 1 aliphatic rings. The Balaban J connectivity index is 1.77. The number of aromatic nitrogens is 2. The van der Waals surface area contributed by atoms with E-state index in [4.69, 9.17) is 0 Å². The van der Waals surface area contributed by atoms with E-state index >= 15 is 0 Å². The van der Waals surface area contributed by atoms with E-state index in [9.17, 15) is 0 Å². The van der Waals surface area contributed by atoms with Crippen LogP contribution in [0, 0.1) is 5.92 Å². The lowest BCUT2D eigenvalue weighted by atomic mass is 10.1. The molecule has 6 nitrogen and oxygen atoms in total. The molecule has 6 heteroatoms. The van der Waals surface area contributed by atoms with Crippen molar-refractivity contribution in [1.82, 2.24) is 25.1 Å². The molecule has 0 aliphatic carbocycles. The second-order valence-corrected chi connectivity index (χ2v) is 6.08. The summed E-state index contributed by atoms with van der Waals surface area (Å²) in [5.74, 6) is 1.53. The molecule has 0 saturated carbocycles.